The zero-order valence-electron chi connectivity index (χ0n) is 36.0. The van der Waals surface area contributed by atoms with Gasteiger partial charge in [0.05, 0.1) is 40.0 Å². The molecule has 0 aromatic rings. The molecule has 1 unspecified atom stereocenters. The largest absolute Gasteiger partial charge is 0.756 e. The van der Waals surface area contributed by atoms with E-state index in [0.29, 0.717) is 43.1 Å². The first-order chi connectivity index (χ1) is 27.2. The van der Waals surface area contributed by atoms with E-state index in [1.165, 1.54) is 25.7 Å². The Labute approximate surface area is 344 Å². The van der Waals surface area contributed by atoms with Crippen LogP contribution in [0.2, 0.25) is 0 Å². The lowest BCUT2D eigenvalue weighted by Gasteiger charge is -2.28. The van der Waals surface area contributed by atoms with E-state index in [0.717, 1.165) is 57.8 Å². The molecule has 1 aliphatic rings. The Balaban J connectivity index is 2.54. The second kappa shape index (κ2) is 31.7. The van der Waals surface area contributed by atoms with Crippen LogP contribution in [0.1, 0.15) is 149 Å². The maximum Gasteiger partial charge on any atom is 0.306 e. The number of ether oxygens (including phenoxy) is 2. The summed E-state index contributed by atoms with van der Waals surface area (Å²) < 4.78 is 33.8. The minimum Gasteiger partial charge on any atom is -0.756 e. The Morgan fingerprint density at radius 1 is 0.825 bits per heavy atom. The first-order valence-electron chi connectivity index (χ1n) is 21.8. The molecule has 0 aromatic heterocycles. The molecule has 0 saturated heterocycles. The van der Waals surface area contributed by atoms with E-state index in [2.05, 4.69) is 26.0 Å². The highest BCUT2D eigenvalue weighted by molar-refractivity contribution is 7.45. The first-order valence-corrected chi connectivity index (χ1v) is 23.3. The summed E-state index contributed by atoms with van der Waals surface area (Å²) >= 11 is 0. The van der Waals surface area contributed by atoms with Gasteiger partial charge in [-0.1, -0.05) is 108 Å². The van der Waals surface area contributed by atoms with Gasteiger partial charge in [0.2, 0.25) is 0 Å². The number of allylic oxidation sites excluding steroid dienone is 4. The number of nitrogens with zero attached hydrogens (tertiary/aromatic N) is 1. The predicted octanol–water partition coefficient (Wildman–Crippen LogP) is 8.09. The first kappa shape index (κ1) is 52.8. The number of carbonyl (C=O) groups excluding carboxylic acids is 3. The minimum absolute atomic E-state index is 0.0107. The van der Waals surface area contributed by atoms with Crippen molar-refractivity contribution in [2.45, 2.75) is 167 Å². The molecule has 0 radical (unpaired) electrons. The van der Waals surface area contributed by atoms with Crippen molar-refractivity contribution in [2.24, 2.45) is 11.8 Å². The van der Waals surface area contributed by atoms with Crippen LogP contribution in [0, 0.1) is 11.8 Å². The topological polar surface area (TPSA) is 169 Å². The van der Waals surface area contributed by atoms with Crippen molar-refractivity contribution in [3.8, 4) is 0 Å². The molecule has 1 aliphatic carbocycles. The maximum atomic E-state index is 12.8. The summed E-state index contributed by atoms with van der Waals surface area (Å²) in [5.74, 6) is -1.79. The molecule has 6 atom stereocenters. The number of quaternary nitrogens is 1. The Morgan fingerprint density at radius 2 is 1.42 bits per heavy atom. The zero-order valence-corrected chi connectivity index (χ0v) is 36.9. The number of unbranched alkanes of at least 4 members (excludes halogenated alkanes) is 12. The lowest BCUT2D eigenvalue weighted by Crippen LogP contribution is -2.37. The van der Waals surface area contributed by atoms with Crippen LogP contribution in [-0.4, -0.2) is 98.2 Å². The molecule has 1 rings (SSSR count). The van der Waals surface area contributed by atoms with Crippen LogP contribution >= 0.6 is 7.82 Å². The molecule has 0 spiro atoms. The lowest BCUT2D eigenvalue weighted by molar-refractivity contribution is -0.870. The third-order valence-corrected chi connectivity index (χ3v) is 11.0. The van der Waals surface area contributed by atoms with Crippen molar-refractivity contribution < 1.29 is 57.1 Å². The summed E-state index contributed by atoms with van der Waals surface area (Å²) in [4.78, 5) is 50.2. The van der Waals surface area contributed by atoms with Gasteiger partial charge in [-0.05, 0) is 57.8 Å². The molecule has 0 aliphatic heterocycles. The van der Waals surface area contributed by atoms with E-state index >= 15 is 0 Å². The van der Waals surface area contributed by atoms with Gasteiger partial charge < -0.3 is 38.1 Å². The van der Waals surface area contributed by atoms with E-state index in [1.807, 2.05) is 33.3 Å². The number of esters is 2. The number of hydrogen-bond donors (Lipinski definition) is 2. The summed E-state index contributed by atoms with van der Waals surface area (Å²) in [7, 11) is 0.992. The van der Waals surface area contributed by atoms with Crippen molar-refractivity contribution >= 4 is 25.5 Å². The number of rotatable bonds is 35. The summed E-state index contributed by atoms with van der Waals surface area (Å²) in [5, 5.41) is 20.7. The van der Waals surface area contributed by atoms with Crippen LogP contribution in [0.5, 0.6) is 0 Å². The monoisotopic (exact) mass is 828 g/mol. The average Bonchev–Trinajstić information content (AvgIpc) is 3.41. The second-order valence-corrected chi connectivity index (χ2v) is 17.9. The van der Waals surface area contributed by atoms with Crippen LogP contribution < -0.4 is 4.89 Å². The van der Waals surface area contributed by atoms with Crippen LogP contribution in [0.15, 0.2) is 36.5 Å². The van der Waals surface area contributed by atoms with Gasteiger partial charge in [0, 0.05) is 31.1 Å². The molecule has 12 nitrogen and oxygen atoms in total. The van der Waals surface area contributed by atoms with E-state index in [-0.39, 0.29) is 50.1 Å². The van der Waals surface area contributed by atoms with E-state index in [4.69, 9.17) is 18.5 Å². The Hall–Kier alpha value is -2.18. The molecular formula is C44H78NO11P. The molecule has 0 amide bonds. The molecule has 13 heteroatoms. The quantitative estimate of drug-likeness (QED) is 0.0208. The summed E-state index contributed by atoms with van der Waals surface area (Å²) in [5.41, 5.74) is 0. The van der Waals surface area contributed by atoms with Gasteiger partial charge in [-0.2, -0.15) is 0 Å². The normalized spacial score (nSPS) is 19.8. The number of phosphoric ester groups is 1. The molecule has 330 valence electrons. The molecule has 0 aromatic carbocycles. The molecule has 1 fully saturated rings. The smallest absolute Gasteiger partial charge is 0.306 e. The van der Waals surface area contributed by atoms with Crippen molar-refractivity contribution in [1.82, 2.24) is 0 Å². The van der Waals surface area contributed by atoms with Gasteiger partial charge in [0.1, 0.15) is 25.5 Å². The second-order valence-electron chi connectivity index (χ2n) is 16.5. The molecule has 0 bridgehead atoms. The van der Waals surface area contributed by atoms with Crippen molar-refractivity contribution in [3.63, 3.8) is 0 Å². The Bertz CT molecular complexity index is 1230. The molecule has 2 N–H and O–H groups in total. The van der Waals surface area contributed by atoms with Crippen molar-refractivity contribution in [2.75, 3.05) is 47.5 Å². The number of likely N-dealkylation sites (N-methyl/N-ethyl adjacent to an activating group) is 1. The van der Waals surface area contributed by atoms with Crippen LogP contribution in [0.25, 0.3) is 0 Å². The van der Waals surface area contributed by atoms with Crippen LogP contribution in [0.4, 0.5) is 0 Å². The number of carbonyl (C=O) groups is 3. The Morgan fingerprint density at radius 3 is 2.11 bits per heavy atom. The Kier molecular flexibility index (Phi) is 29.4. The van der Waals surface area contributed by atoms with E-state index in [9.17, 15) is 34.1 Å². The highest BCUT2D eigenvalue weighted by atomic mass is 31.2. The third kappa shape index (κ3) is 28.8. The molecule has 0 heterocycles. The molecule has 1 saturated carbocycles. The van der Waals surface area contributed by atoms with Gasteiger partial charge in [-0.15, -0.1) is 0 Å². The standard InChI is InChI=1S/C44H78NO11P/c1-6-8-10-11-12-13-14-15-16-17-18-19-24-28-43(49)53-35-38(36-55-57(51,52)54-33-32-45(3,4)5)56-44(50)29-25-21-20-23-27-39-40(42(48)34-41(39)47)31-30-37(46)26-22-9-7-2/h13-14,20,23,30-31,37-40,42,46,48H,6-12,15-19,21-22,24-29,32-36H2,1-5H3/b14-13-,23-20-,31-30+/t37-,38+,39+,40+,42+/m0/s1. The minimum atomic E-state index is -4.70. The van der Waals surface area contributed by atoms with Crippen LogP contribution in [0.3, 0.4) is 0 Å². The fourth-order valence-corrected chi connectivity index (χ4v) is 7.18. The predicted molar refractivity (Wildman–Crippen MR) is 223 cm³/mol. The van der Waals surface area contributed by atoms with E-state index in [1.54, 1.807) is 12.2 Å². The highest BCUT2D eigenvalue weighted by Crippen LogP contribution is 2.38. The number of ketones is 1. The lowest BCUT2D eigenvalue weighted by atomic mass is 9.90. The van der Waals surface area contributed by atoms with Gasteiger partial charge in [-0.25, -0.2) is 0 Å². The van der Waals surface area contributed by atoms with Crippen molar-refractivity contribution in [3.05, 3.63) is 36.5 Å². The van der Waals surface area contributed by atoms with Gasteiger partial charge in [0.25, 0.3) is 7.82 Å². The third-order valence-electron chi connectivity index (χ3n) is 10.0. The molecule has 57 heavy (non-hydrogen) atoms. The SMILES string of the molecule is CCCCCC/C=C\CCCCCCCC(=O)OC[C@H](COP(=O)([O-])OCC[N+](C)(C)C)OC(=O)CCC/C=C\C[C@H]1C(=O)C[C@@H](O)[C@@H]1/C=C/[C@@H](O)CCCCC. The summed E-state index contributed by atoms with van der Waals surface area (Å²) in [6.07, 6.45) is 26.8. The summed E-state index contributed by atoms with van der Waals surface area (Å²) in [6.45, 7) is 3.77. The van der Waals surface area contributed by atoms with Gasteiger partial charge in [-0.3, -0.25) is 18.9 Å². The van der Waals surface area contributed by atoms with Gasteiger partial charge >= 0.3 is 11.9 Å². The van der Waals surface area contributed by atoms with E-state index < -0.39 is 44.7 Å². The number of hydrogen-bond acceptors (Lipinski definition) is 11. The van der Waals surface area contributed by atoms with Crippen LogP contribution in [-0.2, 0) is 37.5 Å². The fourth-order valence-electron chi connectivity index (χ4n) is 6.45. The average molecular weight is 828 g/mol. The zero-order chi connectivity index (χ0) is 42.4. The summed E-state index contributed by atoms with van der Waals surface area (Å²) in [6, 6.07) is 0. The molecular weight excluding hydrogens is 749 g/mol. The van der Waals surface area contributed by atoms with Gasteiger partial charge in [0.15, 0.2) is 6.10 Å². The maximum absolute atomic E-state index is 12.8. The number of phosphoric acid groups is 1. The number of aliphatic hydroxyl groups excluding tert-OH is 2. The fraction of sp³-hybridized carbons (Fsp3) is 0.795. The number of Topliss-reactive ketones (excluding diaryl/α,β-unsaturated/α-hetero) is 1. The van der Waals surface area contributed by atoms with Crippen molar-refractivity contribution in [1.29, 1.82) is 0 Å². The number of aliphatic hydroxyl groups is 2. The highest BCUT2D eigenvalue weighted by Gasteiger charge is 2.39.